The summed E-state index contributed by atoms with van der Waals surface area (Å²) in [6.07, 6.45) is 3.11. The summed E-state index contributed by atoms with van der Waals surface area (Å²) < 4.78 is 0. The number of non-ortho nitro benzene ring substituents is 1. The summed E-state index contributed by atoms with van der Waals surface area (Å²) in [4.78, 5) is 26.5. The van der Waals surface area contributed by atoms with Crippen molar-refractivity contribution in [1.82, 2.24) is 5.43 Å². The Hall–Kier alpha value is -3.55. The molecular formula is C21H14Cl2N4O3. The van der Waals surface area contributed by atoms with Gasteiger partial charge in [0.25, 0.3) is 11.6 Å². The number of hydrogen-bond donors (Lipinski definition) is 1. The van der Waals surface area contributed by atoms with Gasteiger partial charge in [-0.15, -0.1) is 0 Å². The molecule has 0 spiro atoms. The number of rotatable bonds is 6. The Morgan fingerprint density at radius 2 is 1.57 bits per heavy atom. The van der Waals surface area contributed by atoms with Gasteiger partial charge in [-0.05, 0) is 41.5 Å². The number of aliphatic imine (C=N–C) groups is 1. The minimum Gasteiger partial charge on any atom is -0.267 e. The zero-order chi connectivity index (χ0) is 21.5. The van der Waals surface area contributed by atoms with Crippen LogP contribution in [0.15, 0.2) is 76.8 Å². The van der Waals surface area contributed by atoms with Crippen LogP contribution in [0.25, 0.3) is 0 Å². The van der Waals surface area contributed by atoms with Crippen molar-refractivity contribution in [1.29, 1.82) is 0 Å². The summed E-state index contributed by atoms with van der Waals surface area (Å²) in [6, 6.07) is 17.8. The van der Waals surface area contributed by atoms with Crippen LogP contribution in [0.2, 0.25) is 10.0 Å². The van der Waals surface area contributed by atoms with Crippen LogP contribution < -0.4 is 5.43 Å². The smallest absolute Gasteiger partial charge is 0.267 e. The molecule has 0 unspecified atom stereocenters. The number of carbonyl (C=O) groups excluding carboxylic acids is 1. The van der Waals surface area contributed by atoms with Gasteiger partial charge in [0.15, 0.2) is 0 Å². The predicted molar refractivity (Wildman–Crippen MR) is 118 cm³/mol. The maximum absolute atomic E-state index is 12.0. The highest BCUT2D eigenvalue weighted by molar-refractivity contribution is 6.33. The molecule has 0 aliphatic rings. The number of benzene rings is 3. The van der Waals surface area contributed by atoms with Gasteiger partial charge in [-0.2, -0.15) is 5.10 Å². The Bertz CT molecular complexity index is 1130. The van der Waals surface area contributed by atoms with Gasteiger partial charge >= 0.3 is 0 Å². The van der Waals surface area contributed by atoms with Gasteiger partial charge in [0.05, 0.1) is 21.8 Å². The average molecular weight is 441 g/mol. The van der Waals surface area contributed by atoms with Crippen LogP contribution in [-0.4, -0.2) is 23.3 Å². The fourth-order valence-electron chi connectivity index (χ4n) is 2.36. The van der Waals surface area contributed by atoms with Gasteiger partial charge in [-0.25, -0.2) is 5.43 Å². The molecule has 0 heterocycles. The van der Waals surface area contributed by atoms with Crippen LogP contribution in [0.4, 0.5) is 11.4 Å². The molecule has 3 rings (SSSR count). The van der Waals surface area contributed by atoms with Crippen LogP contribution in [-0.2, 0) is 0 Å². The molecule has 0 radical (unpaired) electrons. The van der Waals surface area contributed by atoms with Crippen LogP contribution >= 0.6 is 23.2 Å². The lowest BCUT2D eigenvalue weighted by Crippen LogP contribution is -2.17. The Balaban J connectivity index is 1.60. The molecule has 30 heavy (non-hydrogen) atoms. The molecule has 1 N–H and O–H groups in total. The highest BCUT2D eigenvalue weighted by Gasteiger charge is 2.08. The number of nitro benzene ring substituents is 1. The fourth-order valence-corrected chi connectivity index (χ4v) is 2.71. The molecule has 3 aromatic carbocycles. The number of hydrazone groups is 1. The van der Waals surface area contributed by atoms with E-state index in [2.05, 4.69) is 15.5 Å². The van der Waals surface area contributed by atoms with Crippen molar-refractivity contribution in [2.75, 3.05) is 0 Å². The molecule has 0 aromatic heterocycles. The summed E-state index contributed by atoms with van der Waals surface area (Å²) in [7, 11) is 0. The van der Waals surface area contributed by atoms with Crippen molar-refractivity contribution in [2.45, 2.75) is 0 Å². The number of nitro groups is 1. The van der Waals surface area contributed by atoms with E-state index in [9.17, 15) is 14.9 Å². The van der Waals surface area contributed by atoms with Gasteiger partial charge in [-0.1, -0.05) is 47.5 Å². The van der Waals surface area contributed by atoms with E-state index >= 15 is 0 Å². The maximum atomic E-state index is 12.0. The number of halogens is 2. The number of nitrogens with zero attached hydrogens (tertiary/aromatic N) is 3. The van der Waals surface area contributed by atoms with E-state index in [4.69, 9.17) is 23.2 Å². The van der Waals surface area contributed by atoms with Crippen molar-refractivity contribution in [3.05, 3.63) is 104 Å². The maximum Gasteiger partial charge on any atom is 0.271 e. The third kappa shape index (κ3) is 5.73. The van der Waals surface area contributed by atoms with Gasteiger partial charge in [0, 0.05) is 28.9 Å². The Morgan fingerprint density at radius 3 is 2.17 bits per heavy atom. The van der Waals surface area contributed by atoms with E-state index in [1.165, 1.54) is 24.4 Å². The molecule has 0 bridgehead atoms. The van der Waals surface area contributed by atoms with E-state index in [0.717, 1.165) is 11.1 Å². The van der Waals surface area contributed by atoms with E-state index in [0.29, 0.717) is 16.3 Å². The van der Waals surface area contributed by atoms with Crippen molar-refractivity contribution in [2.24, 2.45) is 10.1 Å². The quantitative estimate of drug-likeness (QED) is 0.314. The van der Waals surface area contributed by atoms with E-state index in [-0.39, 0.29) is 16.6 Å². The fraction of sp³-hybridized carbons (Fsp3) is 0. The monoisotopic (exact) mass is 440 g/mol. The zero-order valence-electron chi connectivity index (χ0n) is 15.3. The minimum absolute atomic E-state index is 0.0919. The van der Waals surface area contributed by atoms with E-state index in [1.54, 1.807) is 42.6 Å². The van der Waals surface area contributed by atoms with Crippen LogP contribution in [0.3, 0.4) is 0 Å². The molecule has 9 heteroatoms. The van der Waals surface area contributed by atoms with Gasteiger partial charge in [-0.3, -0.25) is 19.9 Å². The minimum atomic E-state index is -0.516. The van der Waals surface area contributed by atoms with Gasteiger partial charge in [0.2, 0.25) is 0 Å². The number of hydrogen-bond acceptors (Lipinski definition) is 5. The van der Waals surface area contributed by atoms with Crippen molar-refractivity contribution in [3.63, 3.8) is 0 Å². The van der Waals surface area contributed by atoms with Crippen LogP contribution in [0.1, 0.15) is 21.5 Å². The molecule has 0 saturated heterocycles. The molecule has 1 amide bonds. The van der Waals surface area contributed by atoms with Crippen LogP contribution in [0.5, 0.6) is 0 Å². The van der Waals surface area contributed by atoms with Gasteiger partial charge < -0.3 is 0 Å². The molecule has 0 fully saturated rings. The molecular weight excluding hydrogens is 427 g/mol. The predicted octanol–water partition coefficient (Wildman–Crippen LogP) is 5.42. The van der Waals surface area contributed by atoms with Crippen LogP contribution in [0, 0.1) is 10.1 Å². The highest BCUT2D eigenvalue weighted by Crippen LogP contribution is 2.28. The summed E-state index contributed by atoms with van der Waals surface area (Å²) in [5.41, 5.74) is 4.81. The van der Waals surface area contributed by atoms with Crippen molar-refractivity contribution >= 4 is 52.9 Å². The first kappa shape index (κ1) is 21.2. The largest absolute Gasteiger partial charge is 0.271 e. The Kier molecular flexibility index (Phi) is 6.90. The summed E-state index contributed by atoms with van der Waals surface area (Å²) in [5, 5.41) is 15.4. The molecule has 150 valence electrons. The molecule has 0 aliphatic heterocycles. The normalized spacial score (nSPS) is 11.1. The molecule has 0 saturated carbocycles. The standard InChI is InChI=1S/C21H14Cl2N4O3/c22-17-7-5-16(6-8-17)21(28)26-25-13-15-3-1-14(2-4-15)12-24-20-10-9-18(27(29)30)11-19(20)23/h1-13H,(H,26,28). The second kappa shape index (κ2) is 9.78. The first-order valence-electron chi connectivity index (χ1n) is 8.59. The number of carbonyl (C=O) groups is 1. The summed E-state index contributed by atoms with van der Waals surface area (Å²) >= 11 is 11.8. The number of amides is 1. The molecule has 7 nitrogen and oxygen atoms in total. The summed E-state index contributed by atoms with van der Waals surface area (Å²) in [5.74, 6) is -0.341. The van der Waals surface area contributed by atoms with E-state index < -0.39 is 4.92 Å². The Labute approximate surface area is 181 Å². The second-order valence-corrected chi connectivity index (χ2v) is 6.87. The third-order valence-electron chi connectivity index (χ3n) is 3.92. The molecule has 0 atom stereocenters. The summed E-state index contributed by atoms with van der Waals surface area (Å²) in [6.45, 7) is 0. The average Bonchev–Trinajstić information content (AvgIpc) is 2.74. The SMILES string of the molecule is O=C(NN=Cc1ccc(C=Nc2ccc([N+](=O)[O-])cc2Cl)cc1)c1ccc(Cl)cc1. The highest BCUT2D eigenvalue weighted by atomic mass is 35.5. The molecule has 0 aliphatic carbocycles. The Morgan fingerprint density at radius 1 is 0.933 bits per heavy atom. The second-order valence-electron chi connectivity index (χ2n) is 6.02. The van der Waals surface area contributed by atoms with Crippen molar-refractivity contribution < 1.29 is 9.72 Å². The lowest BCUT2D eigenvalue weighted by molar-refractivity contribution is -0.384. The number of nitrogens with one attached hydrogen (secondary N) is 1. The zero-order valence-corrected chi connectivity index (χ0v) is 16.8. The lowest BCUT2D eigenvalue weighted by Gasteiger charge is -2.00. The molecule has 3 aromatic rings. The first-order valence-corrected chi connectivity index (χ1v) is 9.35. The topological polar surface area (TPSA) is 97.0 Å². The van der Waals surface area contributed by atoms with E-state index in [1.807, 2.05) is 12.1 Å². The lowest BCUT2D eigenvalue weighted by atomic mass is 10.1. The third-order valence-corrected chi connectivity index (χ3v) is 4.47. The first-order chi connectivity index (χ1) is 14.4. The van der Waals surface area contributed by atoms with Gasteiger partial charge in [0.1, 0.15) is 0 Å². The van der Waals surface area contributed by atoms with Crippen molar-refractivity contribution in [3.8, 4) is 0 Å².